The largest absolute Gasteiger partial charge is 0.469 e. The number of amides is 4. The predicted molar refractivity (Wildman–Crippen MR) is 104 cm³/mol. The number of nitrogens with zero attached hydrogens (tertiary/aromatic N) is 2. The monoisotopic (exact) mass is 528 g/mol. The fraction of sp³-hybridized carbons (Fsp3) is 0.762. The molecule has 4 amide bonds. The zero-order valence-electron chi connectivity index (χ0n) is 18.9. The molecule has 0 spiro atoms. The van der Waals surface area contributed by atoms with E-state index in [0.717, 1.165) is 51.4 Å². The van der Waals surface area contributed by atoms with Gasteiger partial charge in [0.25, 0.3) is 0 Å². The van der Waals surface area contributed by atoms with Crippen LogP contribution in [0.1, 0.15) is 58.3 Å². The van der Waals surface area contributed by atoms with Gasteiger partial charge in [-0.05, 0) is 25.7 Å². The number of carbonyl (C=O) groups is 5. The van der Waals surface area contributed by atoms with Crippen molar-refractivity contribution >= 4 is 29.6 Å². The Morgan fingerprint density at radius 2 is 0.844 bits per heavy atom. The van der Waals surface area contributed by atoms with Gasteiger partial charge in [0, 0.05) is 134 Å². The SMILES string of the molecule is CN1C(=O)C2CCCCC2C1=O.CN1C(=O)C2CCCCC2C1=O.COC(C)=O.[Ar].[Ar].[Ar]. The molecule has 0 bridgehead atoms. The number of methoxy groups -OCH3 is 1. The molecular weight excluding hydrogens is 496 g/mol. The van der Waals surface area contributed by atoms with E-state index in [2.05, 4.69) is 4.74 Å². The molecule has 4 atom stereocenters. The van der Waals surface area contributed by atoms with Gasteiger partial charge in [-0.2, -0.15) is 0 Å². The molecule has 0 aromatic rings. The third kappa shape index (κ3) is 8.88. The molecule has 32 heavy (non-hydrogen) atoms. The van der Waals surface area contributed by atoms with Crippen molar-refractivity contribution in [2.45, 2.75) is 58.3 Å². The third-order valence-corrected chi connectivity index (χ3v) is 6.41. The number of fused-ring (bicyclic) bond motifs is 2. The van der Waals surface area contributed by atoms with Crippen molar-refractivity contribution in [3.63, 3.8) is 0 Å². The molecule has 2 aliphatic heterocycles. The van der Waals surface area contributed by atoms with E-state index >= 15 is 0 Å². The van der Waals surface area contributed by atoms with E-state index in [1.807, 2.05) is 0 Å². The average Bonchev–Trinajstić information content (AvgIpc) is 3.10. The fourth-order valence-electron chi connectivity index (χ4n) is 4.66. The van der Waals surface area contributed by atoms with Crippen LogP contribution < -0.4 is 0 Å². The molecule has 2 saturated heterocycles. The Kier molecular flexibility index (Phi) is 19.0. The second kappa shape index (κ2) is 17.1. The first-order chi connectivity index (χ1) is 13.7. The van der Waals surface area contributed by atoms with Crippen molar-refractivity contribution in [2.75, 3.05) is 21.2 Å². The maximum Gasteiger partial charge on any atom is 0.302 e. The Balaban J connectivity index is 0. The molecule has 4 aliphatic rings. The summed E-state index contributed by atoms with van der Waals surface area (Å²) in [6.45, 7) is 1.36. The third-order valence-electron chi connectivity index (χ3n) is 6.41. The average molecular weight is 528 g/mol. The minimum Gasteiger partial charge on any atom is -0.469 e. The molecule has 2 heterocycles. The molecule has 4 rings (SSSR count). The molecule has 2 saturated carbocycles. The normalized spacial score (nSPS) is 27.8. The topological polar surface area (TPSA) is 101 Å². The first kappa shape index (κ1) is 35.7. The number of likely N-dealkylation sites (tertiary alicyclic amines) is 2. The van der Waals surface area contributed by atoms with E-state index in [9.17, 15) is 24.0 Å². The summed E-state index contributed by atoms with van der Waals surface area (Å²) in [6.07, 6.45) is 8.09. The Hall–Kier alpha value is 1.53. The molecule has 4 unspecified atom stereocenters. The molecular formula is C21H32Ar3N2O6. The van der Waals surface area contributed by atoms with E-state index in [-0.39, 0.29) is 166 Å². The van der Waals surface area contributed by atoms with Crippen LogP contribution in [0, 0.1) is 137 Å². The van der Waals surface area contributed by atoms with Crippen molar-refractivity contribution in [3.05, 3.63) is 0 Å². The number of carbonyl (C=O) groups excluding carboxylic acids is 5. The maximum absolute atomic E-state index is 11.5. The summed E-state index contributed by atoms with van der Waals surface area (Å²) in [6, 6.07) is 0. The molecule has 0 radical (unpaired) electrons. The second-order valence-electron chi connectivity index (χ2n) is 8.16. The van der Waals surface area contributed by atoms with Gasteiger partial charge in [-0.15, -0.1) is 0 Å². The molecule has 0 aromatic carbocycles. The minimum absolute atomic E-state index is 0. The van der Waals surface area contributed by atoms with E-state index in [1.165, 1.54) is 23.8 Å². The summed E-state index contributed by atoms with van der Waals surface area (Å²) < 4.78 is 4.11. The molecule has 4 fully saturated rings. The number of rotatable bonds is 0. The maximum atomic E-state index is 11.5. The number of ether oxygens (including phenoxy) is 1. The van der Waals surface area contributed by atoms with Gasteiger partial charge in [-0.25, -0.2) is 0 Å². The van der Waals surface area contributed by atoms with E-state index in [0.29, 0.717) is 0 Å². The molecule has 8 nitrogen and oxygen atoms in total. The summed E-state index contributed by atoms with van der Waals surface area (Å²) in [4.78, 5) is 58.0. The zero-order valence-corrected chi connectivity index (χ0v) is 21.0. The van der Waals surface area contributed by atoms with Crippen LogP contribution in [0.2, 0.25) is 0 Å². The number of hydrogen-bond donors (Lipinski definition) is 0. The molecule has 2 aliphatic carbocycles. The van der Waals surface area contributed by atoms with Gasteiger partial charge < -0.3 is 4.74 Å². The van der Waals surface area contributed by atoms with E-state index < -0.39 is 0 Å². The fourth-order valence-corrected chi connectivity index (χ4v) is 4.66. The summed E-state index contributed by atoms with van der Waals surface area (Å²) >= 11 is 0. The zero-order chi connectivity index (χ0) is 21.7. The van der Waals surface area contributed by atoms with Crippen LogP contribution in [0.15, 0.2) is 0 Å². The van der Waals surface area contributed by atoms with Crippen molar-refractivity contribution in [3.8, 4) is 0 Å². The Labute approximate surface area is 280 Å². The van der Waals surface area contributed by atoms with Gasteiger partial charge in [-0.1, -0.05) is 25.7 Å². The van der Waals surface area contributed by atoms with Crippen LogP contribution in [0.5, 0.6) is 0 Å². The van der Waals surface area contributed by atoms with Crippen molar-refractivity contribution in [1.29, 1.82) is 0 Å². The second-order valence-corrected chi connectivity index (χ2v) is 8.16. The quantitative estimate of drug-likeness (QED) is 0.351. The van der Waals surface area contributed by atoms with Crippen LogP contribution in [0.4, 0.5) is 0 Å². The van der Waals surface area contributed by atoms with E-state index in [1.54, 1.807) is 14.1 Å². The van der Waals surface area contributed by atoms with Crippen LogP contribution in [-0.4, -0.2) is 60.6 Å². The Morgan fingerprint density at radius 1 is 0.656 bits per heavy atom. The van der Waals surface area contributed by atoms with Crippen molar-refractivity contribution in [1.82, 2.24) is 9.80 Å². The minimum atomic E-state index is -0.245. The van der Waals surface area contributed by atoms with Crippen molar-refractivity contribution < 1.29 is 142 Å². The van der Waals surface area contributed by atoms with Gasteiger partial charge >= 0.3 is 5.97 Å². The molecule has 11 heteroatoms. The standard InChI is InChI=1S/2C9H13NO2.C3H6O2.3Ar/c2*1-10-8(11)6-4-2-3-5-7(6)9(10)12;1-3(4)5-2;;;/h2*6-7H,2-5H2,1H3;1-2H3;;;. The summed E-state index contributed by atoms with van der Waals surface area (Å²) in [5.74, 6) is 0.0359. The van der Waals surface area contributed by atoms with Crippen LogP contribution in [0.3, 0.4) is 0 Å². The van der Waals surface area contributed by atoms with Crippen LogP contribution in [-0.2, 0) is 28.7 Å². The molecule has 0 N–H and O–H groups in total. The van der Waals surface area contributed by atoms with E-state index in [4.69, 9.17) is 0 Å². The Bertz CT molecular complexity index is 592. The number of esters is 1. The number of hydrogen-bond acceptors (Lipinski definition) is 6. The molecule has 186 valence electrons. The first-order valence-electron chi connectivity index (χ1n) is 10.4. The van der Waals surface area contributed by atoms with Gasteiger partial charge in [0.15, 0.2) is 0 Å². The van der Waals surface area contributed by atoms with Gasteiger partial charge in [0.2, 0.25) is 23.6 Å². The molecule has 0 aromatic heterocycles. The van der Waals surface area contributed by atoms with Gasteiger partial charge in [0.1, 0.15) is 0 Å². The first-order valence-corrected chi connectivity index (χ1v) is 10.4. The van der Waals surface area contributed by atoms with Gasteiger partial charge in [-0.3, -0.25) is 33.8 Å². The predicted octanol–water partition coefficient (Wildman–Crippen LogP) is 1.76. The van der Waals surface area contributed by atoms with Crippen molar-refractivity contribution in [2.24, 2.45) is 23.7 Å². The van der Waals surface area contributed by atoms with Crippen LogP contribution >= 0.6 is 0 Å². The van der Waals surface area contributed by atoms with Crippen LogP contribution in [0.25, 0.3) is 0 Å². The smallest absolute Gasteiger partial charge is 0.302 e. The summed E-state index contributed by atoms with van der Waals surface area (Å²) in [7, 11) is 4.55. The van der Waals surface area contributed by atoms with Gasteiger partial charge in [0.05, 0.1) is 30.8 Å². The summed E-state index contributed by atoms with van der Waals surface area (Å²) in [5.41, 5.74) is 0. The number of imide groups is 2. The summed E-state index contributed by atoms with van der Waals surface area (Å²) in [5, 5.41) is 0. The Morgan fingerprint density at radius 3 is 1.00 bits per heavy atom.